The number of rotatable bonds is 4. The summed E-state index contributed by atoms with van der Waals surface area (Å²) >= 11 is 0. The van der Waals surface area contributed by atoms with E-state index in [1.54, 1.807) is 0 Å². The molecule has 0 amide bonds. The van der Waals surface area contributed by atoms with Crippen molar-refractivity contribution in [3.8, 4) is 0 Å². The van der Waals surface area contributed by atoms with E-state index in [-0.39, 0.29) is 6.61 Å². The molecular weight excluding hydrogens is 246 g/mol. The van der Waals surface area contributed by atoms with Gasteiger partial charge in [0.1, 0.15) is 0 Å². The number of aliphatic hydroxyl groups excluding tert-OH is 1. The zero-order valence-electron chi connectivity index (χ0n) is 11.2. The first kappa shape index (κ1) is 12.7. The Hall–Kier alpha value is -2.32. The minimum Gasteiger partial charge on any atom is -0.392 e. The number of aromatic nitrogens is 1. The third-order valence-electron chi connectivity index (χ3n) is 3.43. The van der Waals surface area contributed by atoms with Crippen LogP contribution in [0.4, 0.5) is 0 Å². The lowest BCUT2D eigenvalue weighted by Gasteiger charge is -2.02. The summed E-state index contributed by atoms with van der Waals surface area (Å²) in [5, 5.41) is 10.3. The Balaban J connectivity index is 1.80. The van der Waals surface area contributed by atoms with Crippen LogP contribution in [-0.2, 0) is 13.2 Å². The number of fused-ring (bicyclic) bond motifs is 1. The number of hydrogen-bond donors (Lipinski definition) is 1. The Morgan fingerprint density at radius 1 is 1.00 bits per heavy atom. The highest BCUT2D eigenvalue weighted by Gasteiger charge is 2.00. The van der Waals surface area contributed by atoms with E-state index in [1.807, 2.05) is 30.3 Å². The Morgan fingerprint density at radius 2 is 1.85 bits per heavy atom. The van der Waals surface area contributed by atoms with E-state index < -0.39 is 0 Å². The molecule has 0 fully saturated rings. The summed E-state index contributed by atoms with van der Waals surface area (Å²) in [5.41, 5.74) is 3.36. The molecule has 1 N–H and O–H groups in total. The second-order valence-corrected chi connectivity index (χ2v) is 4.83. The Morgan fingerprint density at radius 3 is 2.65 bits per heavy atom. The van der Waals surface area contributed by atoms with Gasteiger partial charge in [0.2, 0.25) is 0 Å². The van der Waals surface area contributed by atoms with Crippen molar-refractivity contribution in [3.63, 3.8) is 0 Å². The molecule has 0 spiro atoms. The Bertz CT molecular complexity index is 726. The van der Waals surface area contributed by atoms with Crippen LogP contribution in [0, 0.1) is 0 Å². The maximum absolute atomic E-state index is 9.15. The van der Waals surface area contributed by atoms with Gasteiger partial charge in [0.15, 0.2) is 0 Å². The van der Waals surface area contributed by atoms with Gasteiger partial charge >= 0.3 is 0 Å². The monoisotopic (exact) mass is 263 g/mol. The summed E-state index contributed by atoms with van der Waals surface area (Å²) in [7, 11) is 0. The second-order valence-electron chi connectivity index (χ2n) is 4.83. The maximum atomic E-state index is 9.15. The van der Waals surface area contributed by atoms with Gasteiger partial charge in [-0.05, 0) is 34.7 Å². The highest BCUT2D eigenvalue weighted by atomic mass is 16.3. The zero-order chi connectivity index (χ0) is 13.8. The third-order valence-corrected chi connectivity index (χ3v) is 3.43. The summed E-state index contributed by atoms with van der Waals surface area (Å²) in [6.07, 6.45) is 6.38. The smallest absolute Gasteiger partial charge is 0.0682 e. The summed E-state index contributed by atoms with van der Waals surface area (Å²) in [4.78, 5) is 0. The van der Waals surface area contributed by atoms with E-state index in [1.165, 1.54) is 16.5 Å². The van der Waals surface area contributed by atoms with Gasteiger partial charge in [-0.3, -0.25) is 0 Å². The number of benzene rings is 2. The molecule has 0 aliphatic carbocycles. The van der Waals surface area contributed by atoms with E-state index in [4.69, 9.17) is 5.11 Å². The van der Waals surface area contributed by atoms with Gasteiger partial charge in [0, 0.05) is 18.3 Å². The van der Waals surface area contributed by atoms with E-state index in [9.17, 15) is 0 Å². The Labute approximate surface area is 118 Å². The lowest BCUT2D eigenvalue weighted by Crippen LogP contribution is -1.92. The standard InChI is InChI=1S/C18H17NO/c20-14-16-8-9-18-17(13-16)10-12-19(18)11-4-7-15-5-2-1-3-6-15/h1-10,12-13,20H,11,14H2/b7-4+. The summed E-state index contributed by atoms with van der Waals surface area (Å²) in [6.45, 7) is 0.936. The molecule has 20 heavy (non-hydrogen) atoms. The predicted molar refractivity (Wildman–Crippen MR) is 83.3 cm³/mol. The van der Waals surface area contributed by atoms with E-state index in [0.29, 0.717) is 0 Å². The predicted octanol–water partition coefficient (Wildman–Crippen LogP) is 3.85. The van der Waals surface area contributed by atoms with Crippen molar-refractivity contribution in [1.29, 1.82) is 0 Å². The first-order valence-electron chi connectivity index (χ1n) is 6.77. The Kier molecular flexibility index (Phi) is 3.66. The van der Waals surface area contributed by atoms with E-state index in [0.717, 1.165) is 12.1 Å². The average molecular weight is 263 g/mol. The SMILES string of the molecule is OCc1ccc2c(ccn2C/C=C/c2ccccc2)c1. The first-order valence-corrected chi connectivity index (χ1v) is 6.77. The topological polar surface area (TPSA) is 25.2 Å². The maximum Gasteiger partial charge on any atom is 0.0682 e. The van der Waals surface area contributed by atoms with Crippen LogP contribution < -0.4 is 0 Å². The molecule has 0 atom stereocenters. The van der Waals surface area contributed by atoms with Gasteiger partial charge < -0.3 is 9.67 Å². The molecule has 2 heteroatoms. The first-order chi connectivity index (χ1) is 9.86. The zero-order valence-corrected chi connectivity index (χ0v) is 11.2. The molecule has 0 aliphatic rings. The molecule has 0 saturated heterocycles. The molecule has 0 radical (unpaired) electrons. The van der Waals surface area contributed by atoms with Gasteiger partial charge in [0.05, 0.1) is 6.61 Å². The number of aliphatic hydroxyl groups is 1. The van der Waals surface area contributed by atoms with Crippen LogP contribution in [0.1, 0.15) is 11.1 Å². The normalized spacial score (nSPS) is 11.4. The molecule has 0 saturated carbocycles. The number of allylic oxidation sites excluding steroid dienone is 1. The highest BCUT2D eigenvalue weighted by molar-refractivity contribution is 5.81. The molecule has 1 aromatic heterocycles. The van der Waals surface area contributed by atoms with E-state index in [2.05, 4.69) is 47.2 Å². The van der Waals surface area contributed by atoms with Crippen molar-refractivity contribution >= 4 is 17.0 Å². The van der Waals surface area contributed by atoms with Crippen molar-refractivity contribution in [1.82, 2.24) is 4.57 Å². The summed E-state index contributed by atoms with van der Waals surface area (Å²) in [6, 6.07) is 18.5. The van der Waals surface area contributed by atoms with Crippen molar-refractivity contribution in [3.05, 3.63) is 78.0 Å². The quantitative estimate of drug-likeness (QED) is 0.760. The van der Waals surface area contributed by atoms with Crippen LogP contribution in [0.2, 0.25) is 0 Å². The van der Waals surface area contributed by atoms with Crippen LogP contribution in [0.5, 0.6) is 0 Å². The molecule has 2 nitrogen and oxygen atoms in total. The fraction of sp³-hybridized carbons (Fsp3) is 0.111. The largest absolute Gasteiger partial charge is 0.392 e. The second kappa shape index (κ2) is 5.76. The molecule has 3 aromatic rings. The fourth-order valence-corrected chi connectivity index (χ4v) is 2.37. The van der Waals surface area contributed by atoms with Crippen molar-refractivity contribution in [2.24, 2.45) is 0 Å². The molecule has 100 valence electrons. The third kappa shape index (κ3) is 2.65. The molecule has 0 aliphatic heterocycles. The van der Waals surface area contributed by atoms with Crippen LogP contribution in [-0.4, -0.2) is 9.67 Å². The van der Waals surface area contributed by atoms with E-state index >= 15 is 0 Å². The van der Waals surface area contributed by atoms with Gasteiger partial charge in [-0.2, -0.15) is 0 Å². The lowest BCUT2D eigenvalue weighted by atomic mass is 10.2. The minimum absolute atomic E-state index is 0.0923. The van der Waals surface area contributed by atoms with Crippen LogP contribution >= 0.6 is 0 Å². The molecule has 2 aromatic carbocycles. The van der Waals surface area contributed by atoms with Gasteiger partial charge in [-0.15, -0.1) is 0 Å². The molecule has 0 bridgehead atoms. The number of nitrogens with zero attached hydrogens (tertiary/aromatic N) is 1. The molecular formula is C18H17NO. The summed E-state index contributed by atoms with van der Waals surface area (Å²) < 4.78 is 2.20. The number of hydrogen-bond acceptors (Lipinski definition) is 1. The van der Waals surface area contributed by atoms with Crippen LogP contribution in [0.25, 0.3) is 17.0 Å². The molecule has 3 rings (SSSR count). The lowest BCUT2D eigenvalue weighted by molar-refractivity contribution is 0.282. The van der Waals surface area contributed by atoms with Gasteiger partial charge in [0.25, 0.3) is 0 Å². The average Bonchev–Trinajstić information content (AvgIpc) is 2.91. The molecule has 1 heterocycles. The highest BCUT2D eigenvalue weighted by Crippen LogP contribution is 2.18. The minimum atomic E-state index is 0.0923. The van der Waals surface area contributed by atoms with Gasteiger partial charge in [-0.1, -0.05) is 48.6 Å². The van der Waals surface area contributed by atoms with Crippen LogP contribution in [0.3, 0.4) is 0 Å². The fourth-order valence-electron chi connectivity index (χ4n) is 2.37. The van der Waals surface area contributed by atoms with Gasteiger partial charge in [-0.25, -0.2) is 0 Å². The van der Waals surface area contributed by atoms with Crippen molar-refractivity contribution in [2.75, 3.05) is 0 Å². The van der Waals surface area contributed by atoms with Crippen LogP contribution in [0.15, 0.2) is 66.9 Å². The summed E-state index contributed by atoms with van der Waals surface area (Å²) in [5.74, 6) is 0. The van der Waals surface area contributed by atoms with Crippen molar-refractivity contribution < 1.29 is 5.11 Å². The van der Waals surface area contributed by atoms with Crippen molar-refractivity contribution in [2.45, 2.75) is 13.2 Å². The molecule has 0 unspecified atom stereocenters.